The molecular weight excluding hydrogens is 520 g/mol. The number of furan rings is 1. The summed E-state index contributed by atoms with van der Waals surface area (Å²) in [6.07, 6.45) is 8.08. The van der Waals surface area contributed by atoms with Crippen molar-refractivity contribution in [1.82, 2.24) is 4.90 Å². The standard InChI is InChI=1S/C32H42N2O5.CH4O/c1-22(17-20-37-4)38-27-15-16-29-28(21-27)23(2)31(39-29)30(24-9-6-5-7-10-24)33-26-13-11-25(12-14-26)32(36)34(3)18-8-19-35;1-2/h11-16,19,21-22,24,30,33H,5-10,17-18,20H2,1-4H3;2H,1H3. The van der Waals surface area contributed by atoms with Crippen LogP contribution in [0.3, 0.4) is 0 Å². The molecule has 3 aromatic rings. The molecule has 8 heteroatoms. The topological polar surface area (TPSA) is 101 Å². The van der Waals surface area contributed by atoms with E-state index >= 15 is 0 Å². The fourth-order valence-electron chi connectivity index (χ4n) is 5.49. The molecule has 0 spiro atoms. The zero-order valence-corrected chi connectivity index (χ0v) is 25.2. The molecule has 1 amide bonds. The van der Waals surface area contributed by atoms with Crippen LogP contribution in [0.4, 0.5) is 5.69 Å². The van der Waals surface area contributed by atoms with Gasteiger partial charge in [-0.05, 0) is 75.1 Å². The number of aliphatic hydroxyl groups excluding tert-OH is 1. The number of benzene rings is 2. The Bertz CT molecular complexity index is 1230. The van der Waals surface area contributed by atoms with Crippen molar-refractivity contribution in [2.75, 3.05) is 39.7 Å². The van der Waals surface area contributed by atoms with Gasteiger partial charge in [-0.15, -0.1) is 0 Å². The number of aliphatic hydroxyl groups is 1. The van der Waals surface area contributed by atoms with Crippen LogP contribution in [0, 0.1) is 12.8 Å². The van der Waals surface area contributed by atoms with Crippen LogP contribution >= 0.6 is 0 Å². The molecule has 1 aliphatic rings. The van der Waals surface area contributed by atoms with Crippen molar-refractivity contribution >= 4 is 28.8 Å². The molecule has 1 aromatic heterocycles. The minimum absolute atomic E-state index is 0.0273. The van der Waals surface area contributed by atoms with E-state index in [1.165, 1.54) is 19.3 Å². The van der Waals surface area contributed by atoms with E-state index < -0.39 is 0 Å². The van der Waals surface area contributed by atoms with Crippen molar-refractivity contribution in [2.45, 2.75) is 70.9 Å². The van der Waals surface area contributed by atoms with Gasteiger partial charge in [0, 0.05) is 69.5 Å². The first-order valence-electron chi connectivity index (χ1n) is 14.6. The lowest BCUT2D eigenvalue weighted by Crippen LogP contribution is -2.28. The van der Waals surface area contributed by atoms with Gasteiger partial charge in [-0.25, -0.2) is 0 Å². The molecule has 2 unspecified atom stereocenters. The summed E-state index contributed by atoms with van der Waals surface area (Å²) < 4.78 is 17.8. The molecule has 1 fully saturated rings. The number of nitrogens with zero attached hydrogens (tertiary/aromatic N) is 1. The van der Waals surface area contributed by atoms with E-state index in [-0.39, 0.29) is 18.1 Å². The highest BCUT2D eigenvalue weighted by Gasteiger charge is 2.30. The fourth-order valence-corrected chi connectivity index (χ4v) is 5.49. The van der Waals surface area contributed by atoms with Crippen molar-refractivity contribution in [3.8, 4) is 5.75 Å². The van der Waals surface area contributed by atoms with Gasteiger partial charge in [-0.2, -0.15) is 0 Å². The summed E-state index contributed by atoms with van der Waals surface area (Å²) in [5, 5.41) is 11.8. The number of aryl methyl sites for hydroxylation is 1. The summed E-state index contributed by atoms with van der Waals surface area (Å²) in [7, 11) is 4.43. The number of fused-ring (bicyclic) bond motifs is 1. The summed E-state index contributed by atoms with van der Waals surface area (Å²) in [6, 6.07) is 13.7. The van der Waals surface area contributed by atoms with Crippen LogP contribution < -0.4 is 10.1 Å². The average molecular weight is 567 g/mol. The number of anilines is 1. The Balaban J connectivity index is 0.00000226. The van der Waals surface area contributed by atoms with Crippen LogP contribution in [0.2, 0.25) is 0 Å². The number of methoxy groups -OCH3 is 1. The third kappa shape index (κ3) is 8.57. The lowest BCUT2D eigenvalue weighted by atomic mass is 9.82. The third-order valence-electron chi connectivity index (χ3n) is 7.80. The highest BCUT2D eigenvalue weighted by molar-refractivity contribution is 5.94. The summed E-state index contributed by atoms with van der Waals surface area (Å²) in [5.41, 5.74) is 3.55. The smallest absolute Gasteiger partial charge is 0.253 e. The molecule has 0 radical (unpaired) electrons. The molecule has 2 N–H and O–H groups in total. The highest BCUT2D eigenvalue weighted by atomic mass is 16.5. The van der Waals surface area contributed by atoms with Gasteiger partial charge in [0.1, 0.15) is 23.4 Å². The second-order valence-electron chi connectivity index (χ2n) is 10.7. The first kappa shape index (κ1) is 32.2. The SMILES string of the molecule is CO.COCCC(C)Oc1ccc2oc(C(Nc3ccc(C(=O)N(C)CCC=O)cc3)C3CCCCC3)c(C)c2c1. The molecule has 0 aliphatic heterocycles. The number of amides is 1. The summed E-state index contributed by atoms with van der Waals surface area (Å²) >= 11 is 0. The maximum atomic E-state index is 12.7. The number of hydrogen-bond donors (Lipinski definition) is 2. The molecule has 8 nitrogen and oxygen atoms in total. The Morgan fingerprint density at radius 3 is 2.51 bits per heavy atom. The Kier molecular flexibility index (Phi) is 12.7. The molecule has 2 aromatic carbocycles. The number of hydrogen-bond acceptors (Lipinski definition) is 7. The van der Waals surface area contributed by atoms with E-state index in [0.717, 1.165) is 66.4 Å². The van der Waals surface area contributed by atoms with Crippen LogP contribution in [-0.4, -0.2) is 62.7 Å². The normalized spacial score (nSPS) is 15.0. The molecule has 2 atom stereocenters. The molecule has 4 rings (SSSR count). The summed E-state index contributed by atoms with van der Waals surface area (Å²) in [6.45, 7) is 5.27. The van der Waals surface area contributed by atoms with Gasteiger partial charge in [0.15, 0.2) is 0 Å². The van der Waals surface area contributed by atoms with Gasteiger partial charge in [-0.3, -0.25) is 4.79 Å². The van der Waals surface area contributed by atoms with Gasteiger partial charge in [0.2, 0.25) is 0 Å². The zero-order valence-electron chi connectivity index (χ0n) is 25.2. The first-order valence-corrected chi connectivity index (χ1v) is 14.6. The van der Waals surface area contributed by atoms with Crippen molar-refractivity contribution in [1.29, 1.82) is 0 Å². The number of rotatable bonds is 13. The van der Waals surface area contributed by atoms with Crippen molar-refractivity contribution in [3.63, 3.8) is 0 Å². The minimum Gasteiger partial charge on any atom is -0.491 e. The predicted octanol–water partition coefficient (Wildman–Crippen LogP) is 6.55. The Labute approximate surface area is 244 Å². The second kappa shape index (κ2) is 16.2. The van der Waals surface area contributed by atoms with Gasteiger partial charge < -0.3 is 34.0 Å². The predicted molar refractivity (Wildman–Crippen MR) is 163 cm³/mol. The average Bonchev–Trinajstić information content (AvgIpc) is 3.34. The van der Waals surface area contributed by atoms with Crippen molar-refractivity contribution in [3.05, 3.63) is 59.4 Å². The van der Waals surface area contributed by atoms with Gasteiger partial charge in [0.05, 0.1) is 12.1 Å². The van der Waals surface area contributed by atoms with Crippen molar-refractivity contribution in [2.24, 2.45) is 5.92 Å². The highest BCUT2D eigenvalue weighted by Crippen LogP contribution is 2.41. The van der Waals surface area contributed by atoms with Crippen LogP contribution in [-0.2, 0) is 9.53 Å². The number of ether oxygens (including phenoxy) is 2. The number of carbonyl (C=O) groups is 2. The zero-order chi connectivity index (χ0) is 29.8. The number of aldehydes is 1. The molecule has 41 heavy (non-hydrogen) atoms. The molecular formula is C33H46N2O6. The number of nitrogens with one attached hydrogen (secondary N) is 1. The van der Waals surface area contributed by atoms with Crippen LogP contribution in [0.1, 0.15) is 79.6 Å². The fraction of sp³-hybridized carbons (Fsp3) is 0.515. The molecule has 1 heterocycles. The largest absolute Gasteiger partial charge is 0.491 e. The molecule has 1 saturated carbocycles. The van der Waals surface area contributed by atoms with Gasteiger partial charge >= 0.3 is 0 Å². The van der Waals surface area contributed by atoms with E-state index in [9.17, 15) is 9.59 Å². The molecule has 1 aliphatic carbocycles. The van der Waals surface area contributed by atoms with Crippen LogP contribution in [0.25, 0.3) is 11.0 Å². The lowest BCUT2D eigenvalue weighted by molar-refractivity contribution is -0.108. The first-order chi connectivity index (χ1) is 19.9. The minimum atomic E-state index is -0.0880. The Morgan fingerprint density at radius 2 is 1.85 bits per heavy atom. The van der Waals surface area contributed by atoms with E-state index in [1.807, 2.05) is 36.4 Å². The molecule has 0 bridgehead atoms. The van der Waals surface area contributed by atoms with Crippen molar-refractivity contribution < 1.29 is 28.6 Å². The maximum Gasteiger partial charge on any atom is 0.253 e. The monoisotopic (exact) mass is 566 g/mol. The summed E-state index contributed by atoms with van der Waals surface area (Å²) in [5.74, 6) is 2.17. The second-order valence-corrected chi connectivity index (χ2v) is 10.7. The molecule has 0 saturated heterocycles. The Morgan fingerprint density at radius 1 is 1.15 bits per heavy atom. The van der Waals surface area contributed by atoms with Gasteiger partial charge in [-0.1, -0.05) is 19.3 Å². The quantitative estimate of drug-likeness (QED) is 0.226. The van der Waals surface area contributed by atoms with E-state index in [0.29, 0.717) is 31.1 Å². The lowest BCUT2D eigenvalue weighted by Gasteiger charge is -2.31. The third-order valence-corrected chi connectivity index (χ3v) is 7.80. The van der Waals surface area contributed by atoms with E-state index in [2.05, 4.69) is 25.2 Å². The summed E-state index contributed by atoms with van der Waals surface area (Å²) in [4.78, 5) is 25.0. The van der Waals surface area contributed by atoms with E-state index in [1.54, 1.807) is 19.1 Å². The van der Waals surface area contributed by atoms with Crippen LogP contribution in [0.15, 0.2) is 46.9 Å². The van der Waals surface area contributed by atoms with Crippen LogP contribution in [0.5, 0.6) is 5.75 Å². The number of carbonyl (C=O) groups excluding carboxylic acids is 2. The van der Waals surface area contributed by atoms with E-state index in [4.69, 9.17) is 19.0 Å². The Hall–Kier alpha value is -3.36. The maximum absolute atomic E-state index is 12.7. The van der Waals surface area contributed by atoms with Gasteiger partial charge in [0.25, 0.3) is 5.91 Å². The molecule has 224 valence electrons.